The molecule has 0 aromatic carbocycles. The van der Waals surface area contributed by atoms with E-state index in [1.165, 1.54) is 4.88 Å². The fourth-order valence-electron chi connectivity index (χ4n) is 1.39. The second-order valence-electron chi connectivity index (χ2n) is 2.95. The molecule has 0 radical (unpaired) electrons. The van der Waals surface area contributed by atoms with E-state index >= 15 is 0 Å². The van der Waals surface area contributed by atoms with Gasteiger partial charge in [0.15, 0.2) is 0 Å². The second-order valence-corrected chi connectivity index (χ2v) is 3.87. The van der Waals surface area contributed by atoms with Crippen LogP contribution in [0.15, 0.2) is 34.7 Å². The molecular weight excluding hydrogens is 196 g/mol. The van der Waals surface area contributed by atoms with Gasteiger partial charge in [-0.25, -0.2) is 0 Å². The highest BCUT2D eigenvalue weighted by Crippen LogP contribution is 2.24. The highest BCUT2D eigenvalue weighted by molar-refractivity contribution is 7.09. The van der Waals surface area contributed by atoms with Crippen LogP contribution in [0.3, 0.4) is 0 Å². The van der Waals surface area contributed by atoms with Crippen LogP contribution in [0.25, 0.3) is 0 Å². The third kappa shape index (κ3) is 1.86. The molecule has 2 aromatic heterocycles. The molecule has 4 heteroatoms. The molecule has 0 aliphatic rings. The average Bonchev–Trinajstić information content (AvgIpc) is 2.87. The van der Waals surface area contributed by atoms with Crippen molar-refractivity contribution in [3.63, 3.8) is 0 Å². The minimum atomic E-state index is 0.214. The smallest absolute Gasteiger partial charge is 0.0954 e. The molecule has 0 amide bonds. The zero-order valence-corrected chi connectivity index (χ0v) is 8.75. The van der Waals surface area contributed by atoms with Crippen molar-refractivity contribution in [2.75, 3.05) is 6.54 Å². The maximum Gasteiger partial charge on any atom is 0.0954 e. The minimum absolute atomic E-state index is 0.214. The van der Waals surface area contributed by atoms with Gasteiger partial charge in [0.1, 0.15) is 0 Å². The molecule has 1 unspecified atom stereocenters. The maximum atomic E-state index is 5.08. The molecule has 1 N–H and O–H groups in total. The largest absolute Gasteiger partial charge is 0.472 e. The fourth-order valence-corrected chi connectivity index (χ4v) is 2.11. The summed E-state index contributed by atoms with van der Waals surface area (Å²) >= 11 is 1.65. The molecule has 0 bridgehead atoms. The Morgan fingerprint density at radius 1 is 1.64 bits per heavy atom. The number of rotatable bonds is 4. The Morgan fingerprint density at radius 2 is 2.57 bits per heavy atom. The standard InChI is InChI=1S/C10H12N2OS/c1-2-12-10(8-3-4-13-6-8)9-5-11-7-14-9/h3-7,10,12H,2H2,1H3. The molecule has 1 atom stereocenters. The Kier molecular flexibility index (Phi) is 2.96. The maximum absolute atomic E-state index is 5.08. The summed E-state index contributed by atoms with van der Waals surface area (Å²) in [6.07, 6.45) is 5.36. The number of nitrogens with zero attached hydrogens (tertiary/aromatic N) is 1. The zero-order chi connectivity index (χ0) is 9.80. The van der Waals surface area contributed by atoms with Gasteiger partial charge in [0.25, 0.3) is 0 Å². The van der Waals surface area contributed by atoms with E-state index in [1.807, 2.05) is 17.8 Å². The van der Waals surface area contributed by atoms with Crippen LogP contribution in [0.2, 0.25) is 0 Å². The van der Waals surface area contributed by atoms with Gasteiger partial charge in [0.05, 0.1) is 24.1 Å². The Morgan fingerprint density at radius 3 is 3.14 bits per heavy atom. The Bertz CT molecular complexity index is 321. The van der Waals surface area contributed by atoms with Gasteiger partial charge < -0.3 is 9.73 Å². The number of hydrogen-bond donors (Lipinski definition) is 1. The van der Waals surface area contributed by atoms with Crippen LogP contribution < -0.4 is 5.32 Å². The first kappa shape index (κ1) is 9.43. The Labute approximate surface area is 86.8 Å². The first-order valence-electron chi connectivity index (χ1n) is 4.55. The van der Waals surface area contributed by atoms with Crippen molar-refractivity contribution in [1.29, 1.82) is 0 Å². The molecule has 74 valence electrons. The topological polar surface area (TPSA) is 38.1 Å². The molecule has 2 aromatic rings. The summed E-state index contributed by atoms with van der Waals surface area (Å²) in [7, 11) is 0. The van der Waals surface area contributed by atoms with Crippen molar-refractivity contribution in [2.24, 2.45) is 0 Å². The molecule has 0 spiro atoms. The summed E-state index contributed by atoms with van der Waals surface area (Å²) in [5, 5.41) is 3.40. The van der Waals surface area contributed by atoms with Crippen molar-refractivity contribution >= 4 is 11.3 Å². The van der Waals surface area contributed by atoms with E-state index in [0.29, 0.717) is 0 Å². The lowest BCUT2D eigenvalue weighted by Crippen LogP contribution is -2.20. The molecule has 2 heterocycles. The third-order valence-electron chi connectivity index (χ3n) is 2.02. The second kappa shape index (κ2) is 4.39. The number of thiazole rings is 1. The molecule has 14 heavy (non-hydrogen) atoms. The van der Waals surface area contributed by atoms with Crippen molar-refractivity contribution in [1.82, 2.24) is 10.3 Å². The summed E-state index contributed by atoms with van der Waals surface area (Å²) in [4.78, 5) is 5.30. The summed E-state index contributed by atoms with van der Waals surface area (Å²) in [6.45, 7) is 3.02. The Hall–Kier alpha value is -1.13. The van der Waals surface area contributed by atoms with Gasteiger partial charge in [0.2, 0.25) is 0 Å². The molecule has 2 rings (SSSR count). The van der Waals surface area contributed by atoms with Gasteiger partial charge in [-0.1, -0.05) is 6.92 Å². The number of nitrogens with one attached hydrogen (secondary N) is 1. The normalized spacial score (nSPS) is 12.9. The van der Waals surface area contributed by atoms with E-state index in [2.05, 4.69) is 17.2 Å². The number of furan rings is 1. The van der Waals surface area contributed by atoms with Gasteiger partial charge in [-0.3, -0.25) is 4.98 Å². The van der Waals surface area contributed by atoms with Crippen LogP contribution in [0.1, 0.15) is 23.4 Å². The summed E-state index contributed by atoms with van der Waals surface area (Å²) in [5.74, 6) is 0. The first-order valence-corrected chi connectivity index (χ1v) is 5.43. The number of hydrogen-bond acceptors (Lipinski definition) is 4. The molecule has 3 nitrogen and oxygen atoms in total. The molecule has 0 aliphatic heterocycles. The lowest BCUT2D eigenvalue weighted by molar-refractivity contribution is 0.554. The van der Waals surface area contributed by atoms with Crippen LogP contribution in [-0.2, 0) is 0 Å². The van der Waals surface area contributed by atoms with E-state index in [1.54, 1.807) is 23.9 Å². The average molecular weight is 208 g/mol. The summed E-state index contributed by atoms with van der Waals surface area (Å²) in [5.41, 5.74) is 3.00. The van der Waals surface area contributed by atoms with Crippen LogP contribution in [-0.4, -0.2) is 11.5 Å². The van der Waals surface area contributed by atoms with E-state index in [4.69, 9.17) is 4.42 Å². The van der Waals surface area contributed by atoms with Gasteiger partial charge >= 0.3 is 0 Å². The van der Waals surface area contributed by atoms with Crippen LogP contribution in [0.4, 0.5) is 0 Å². The van der Waals surface area contributed by atoms with Crippen LogP contribution in [0, 0.1) is 0 Å². The zero-order valence-electron chi connectivity index (χ0n) is 7.93. The molecular formula is C10H12N2OS. The molecule has 0 aliphatic carbocycles. The van der Waals surface area contributed by atoms with Crippen LogP contribution in [0.5, 0.6) is 0 Å². The predicted molar refractivity (Wildman–Crippen MR) is 56.3 cm³/mol. The summed E-state index contributed by atoms with van der Waals surface area (Å²) in [6, 6.07) is 2.19. The van der Waals surface area contributed by atoms with E-state index < -0.39 is 0 Å². The van der Waals surface area contributed by atoms with E-state index in [0.717, 1.165) is 12.1 Å². The lowest BCUT2D eigenvalue weighted by Gasteiger charge is -2.13. The predicted octanol–water partition coefficient (Wildman–Crippen LogP) is 2.44. The SMILES string of the molecule is CCNC(c1ccoc1)c1cncs1. The lowest BCUT2D eigenvalue weighted by atomic mass is 10.1. The first-order chi connectivity index (χ1) is 6.92. The fraction of sp³-hybridized carbons (Fsp3) is 0.300. The monoisotopic (exact) mass is 208 g/mol. The van der Waals surface area contributed by atoms with Gasteiger partial charge in [-0.15, -0.1) is 11.3 Å². The highest BCUT2D eigenvalue weighted by Gasteiger charge is 2.14. The molecule has 0 fully saturated rings. The summed E-state index contributed by atoms with van der Waals surface area (Å²) < 4.78 is 5.08. The quantitative estimate of drug-likeness (QED) is 0.838. The van der Waals surface area contributed by atoms with Crippen molar-refractivity contribution in [3.05, 3.63) is 40.7 Å². The highest BCUT2D eigenvalue weighted by atomic mass is 32.1. The van der Waals surface area contributed by atoms with E-state index in [-0.39, 0.29) is 6.04 Å². The van der Waals surface area contributed by atoms with E-state index in [9.17, 15) is 0 Å². The third-order valence-corrected chi connectivity index (χ3v) is 2.86. The van der Waals surface area contributed by atoms with Gasteiger partial charge in [-0.05, 0) is 12.6 Å². The minimum Gasteiger partial charge on any atom is -0.472 e. The number of aromatic nitrogens is 1. The van der Waals surface area contributed by atoms with Crippen molar-refractivity contribution in [3.8, 4) is 0 Å². The van der Waals surface area contributed by atoms with Gasteiger partial charge in [-0.2, -0.15) is 0 Å². The van der Waals surface area contributed by atoms with Crippen LogP contribution >= 0.6 is 11.3 Å². The van der Waals surface area contributed by atoms with Gasteiger partial charge in [0, 0.05) is 16.6 Å². The Balaban J connectivity index is 2.25. The van der Waals surface area contributed by atoms with Crippen molar-refractivity contribution in [2.45, 2.75) is 13.0 Å². The molecule has 0 saturated heterocycles. The molecule has 0 saturated carbocycles. The van der Waals surface area contributed by atoms with Crippen molar-refractivity contribution < 1.29 is 4.42 Å².